The number of ether oxygens (including phenoxy) is 1. The van der Waals surface area contributed by atoms with Gasteiger partial charge in [-0.25, -0.2) is 4.79 Å². The number of hydrogen-bond donors (Lipinski definition) is 2. The number of amides is 1. The molecule has 1 amide bonds. The van der Waals surface area contributed by atoms with Gasteiger partial charge in [0.15, 0.2) is 0 Å². The van der Waals surface area contributed by atoms with Gasteiger partial charge in [-0.1, -0.05) is 36.4 Å². The molecule has 1 unspecified atom stereocenters. The first kappa shape index (κ1) is 20.4. The van der Waals surface area contributed by atoms with Crippen LogP contribution in [0.1, 0.15) is 19.8 Å². The van der Waals surface area contributed by atoms with Crippen molar-refractivity contribution in [2.24, 2.45) is 5.10 Å². The number of carbonyl (C=O) groups is 2. The third kappa shape index (κ3) is 5.57. The molecule has 0 bridgehead atoms. The van der Waals surface area contributed by atoms with E-state index in [-0.39, 0.29) is 24.6 Å². The van der Waals surface area contributed by atoms with Gasteiger partial charge in [-0.15, -0.1) is 0 Å². The van der Waals surface area contributed by atoms with Gasteiger partial charge in [-0.2, -0.15) is 5.10 Å². The van der Waals surface area contributed by atoms with E-state index in [2.05, 4.69) is 15.7 Å². The predicted molar refractivity (Wildman–Crippen MR) is 114 cm³/mol. The standard InChI is InChI=1S/C22H26N4O3/c1-2-29-22(28)19-16-20(26(25-19)18-12-7-4-8-13-18)21(27)24-15-9-14-23-17-10-5-3-6-11-17/h3-8,10-13,20,23H,2,9,14-16H2,1H3,(H,24,27). The summed E-state index contributed by atoms with van der Waals surface area (Å²) in [5.41, 5.74) is 2.08. The van der Waals surface area contributed by atoms with Crippen molar-refractivity contribution in [2.75, 3.05) is 30.0 Å². The lowest BCUT2D eigenvalue weighted by Gasteiger charge is -2.22. The molecule has 0 radical (unpaired) electrons. The van der Waals surface area contributed by atoms with E-state index in [1.165, 1.54) is 0 Å². The average molecular weight is 394 g/mol. The molecule has 0 fully saturated rings. The Morgan fingerprint density at radius 3 is 2.45 bits per heavy atom. The number of nitrogens with zero attached hydrogens (tertiary/aromatic N) is 2. The highest BCUT2D eigenvalue weighted by Gasteiger charge is 2.36. The van der Waals surface area contributed by atoms with E-state index in [9.17, 15) is 9.59 Å². The maximum atomic E-state index is 12.8. The highest BCUT2D eigenvalue weighted by atomic mass is 16.5. The summed E-state index contributed by atoms with van der Waals surface area (Å²) in [5, 5.41) is 12.2. The summed E-state index contributed by atoms with van der Waals surface area (Å²) >= 11 is 0. The van der Waals surface area contributed by atoms with Gasteiger partial charge >= 0.3 is 5.97 Å². The van der Waals surface area contributed by atoms with Crippen molar-refractivity contribution >= 4 is 29.0 Å². The van der Waals surface area contributed by atoms with Crippen molar-refractivity contribution in [2.45, 2.75) is 25.8 Å². The number of hydrogen-bond acceptors (Lipinski definition) is 6. The fourth-order valence-electron chi connectivity index (χ4n) is 3.08. The van der Waals surface area contributed by atoms with Crippen LogP contribution in [0, 0.1) is 0 Å². The molecule has 1 aliphatic heterocycles. The number of rotatable bonds is 9. The Labute approximate surface area is 170 Å². The summed E-state index contributed by atoms with van der Waals surface area (Å²) in [7, 11) is 0. The predicted octanol–water partition coefficient (Wildman–Crippen LogP) is 2.80. The number of benzene rings is 2. The molecule has 2 N–H and O–H groups in total. The van der Waals surface area contributed by atoms with Crippen LogP contribution in [-0.2, 0) is 14.3 Å². The van der Waals surface area contributed by atoms with E-state index in [0.717, 1.165) is 24.3 Å². The highest BCUT2D eigenvalue weighted by molar-refractivity contribution is 6.38. The summed E-state index contributed by atoms with van der Waals surface area (Å²) in [6.45, 7) is 3.30. The lowest BCUT2D eigenvalue weighted by molar-refractivity contribution is -0.135. The second-order valence-electron chi connectivity index (χ2n) is 6.60. The van der Waals surface area contributed by atoms with Gasteiger partial charge in [0.2, 0.25) is 5.91 Å². The molecule has 1 atom stereocenters. The molecule has 0 saturated heterocycles. The molecule has 0 aromatic heterocycles. The number of para-hydroxylation sites is 2. The number of nitrogens with one attached hydrogen (secondary N) is 2. The Kier molecular flexibility index (Phi) is 7.22. The zero-order valence-corrected chi connectivity index (χ0v) is 16.5. The molecule has 29 heavy (non-hydrogen) atoms. The van der Waals surface area contributed by atoms with Gasteiger partial charge in [-0.3, -0.25) is 9.80 Å². The monoisotopic (exact) mass is 394 g/mol. The Bertz CT molecular complexity index is 840. The van der Waals surface area contributed by atoms with Gasteiger partial charge < -0.3 is 15.4 Å². The normalized spacial score (nSPS) is 15.6. The molecule has 7 heteroatoms. The summed E-state index contributed by atoms with van der Waals surface area (Å²) in [5.74, 6) is -0.632. The molecule has 0 aliphatic carbocycles. The van der Waals surface area contributed by atoms with E-state index in [4.69, 9.17) is 4.74 Å². The smallest absolute Gasteiger partial charge is 0.354 e. The van der Waals surface area contributed by atoms with E-state index in [1.807, 2.05) is 60.7 Å². The first-order valence-corrected chi connectivity index (χ1v) is 9.84. The lowest BCUT2D eigenvalue weighted by Crippen LogP contribution is -2.43. The van der Waals surface area contributed by atoms with Crippen molar-refractivity contribution < 1.29 is 14.3 Å². The zero-order chi connectivity index (χ0) is 20.5. The quantitative estimate of drug-likeness (QED) is 0.505. The van der Waals surface area contributed by atoms with Gasteiger partial charge in [0.05, 0.1) is 12.3 Å². The van der Waals surface area contributed by atoms with Crippen LogP contribution in [0.3, 0.4) is 0 Å². The van der Waals surface area contributed by atoms with Crippen molar-refractivity contribution in [3.63, 3.8) is 0 Å². The Hall–Kier alpha value is -3.35. The van der Waals surface area contributed by atoms with Crippen molar-refractivity contribution in [1.82, 2.24) is 5.32 Å². The number of esters is 1. The lowest BCUT2D eigenvalue weighted by atomic mass is 10.1. The van der Waals surface area contributed by atoms with Crippen LogP contribution in [0.15, 0.2) is 65.8 Å². The van der Waals surface area contributed by atoms with Gasteiger partial charge in [0, 0.05) is 25.2 Å². The van der Waals surface area contributed by atoms with Crippen LogP contribution < -0.4 is 15.6 Å². The topological polar surface area (TPSA) is 83.0 Å². The first-order valence-electron chi connectivity index (χ1n) is 9.84. The third-order valence-corrected chi connectivity index (χ3v) is 4.50. The molecular weight excluding hydrogens is 368 g/mol. The third-order valence-electron chi connectivity index (χ3n) is 4.50. The fraction of sp³-hybridized carbons (Fsp3) is 0.318. The molecule has 1 heterocycles. The van der Waals surface area contributed by atoms with Crippen molar-refractivity contribution in [3.8, 4) is 0 Å². The molecule has 1 aliphatic rings. The molecule has 152 valence electrons. The molecule has 7 nitrogen and oxygen atoms in total. The number of hydrazone groups is 1. The summed E-state index contributed by atoms with van der Waals surface area (Å²) < 4.78 is 5.06. The second kappa shape index (κ2) is 10.3. The summed E-state index contributed by atoms with van der Waals surface area (Å²) in [6, 6.07) is 18.7. The molecule has 2 aromatic rings. The Morgan fingerprint density at radius 2 is 1.76 bits per heavy atom. The molecule has 3 rings (SSSR count). The number of carbonyl (C=O) groups excluding carboxylic acids is 2. The molecular formula is C22H26N4O3. The van der Waals surface area contributed by atoms with Crippen LogP contribution in [0.4, 0.5) is 11.4 Å². The fourth-order valence-corrected chi connectivity index (χ4v) is 3.08. The Morgan fingerprint density at radius 1 is 1.07 bits per heavy atom. The highest BCUT2D eigenvalue weighted by Crippen LogP contribution is 2.25. The van der Waals surface area contributed by atoms with Crippen LogP contribution in [0.5, 0.6) is 0 Å². The minimum atomic E-state index is -0.570. The second-order valence-corrected chi connectivity index (χ2v) is 6.60. The largest absolute Gasteiger partial charge is 0.461 e. The maximum absolute atomic E-state index is 12.8. The van der Waals surface area contributed by atoms with E-state index in [1.54, 1.807) is 11.9 Å². The van der Waals surface area contributed by atoms with Crippen molar-refractivity contribution in [1.29, 1.82) is 0 Å². The van der Waals surface area contributed by atoms with Crippen molar-refractivity contribution in [3.05, 3.63) is 60.7 Å². The number of anilines is 2. The zero-order valence-electron chi connectivity index (χ0n) is 16.5. The summed E-state index contributed by atoms with van der Waals surface area (Å²) in [4.78, 5) is 24.9. The molecule has 2 aromatic carbocycles. The SMILES string of the molecule is CCOC(=O)C1=NN(c2ccccc2)C(C(=O)NCCCNc2ccccc2)C1. The van der Waals surface area contributed by atoms with E-state index < -0.39 is 12.0 Å². The molecule has 0 spiro atoms. The van der Waals surface area contributed by atoms with E-state index in [0.29, 0.717) is 6.54 Å². The summed E-state index contributed by atoms with van der Waals surface area (Å²) in [6.07, 6.45) is 1.01. The maximum Gasteiger partial charge on any atom is 0.354 e. The van der Waals surface area contributed by atoms with Crippen LogP contribution in [0.25, 0.3) is 0 Å². The van der Waals surface area contributed by atoms with Gasteiger partial charge in [0.1, 0.15) is 11.8 Å². The van der Waals surface area contributed by atoms with Crippen LogP contribution >= 0.6 is 0 Å². The van der Waals surface area contributed by atoms with Gasteiger partial charge in [-0.05, 0) is 37.6 Å². The first-order chi connectivity index (χ1) is 14.2. The average Bonchev–Trinajstić information content (AvgIpc) is 3.21. The van der Waals surface area contributed by atoms with Gasteiger partial charge in [0.25, 0.3) is 0 Å². The Balaban J connectivity index is 1.55. The van der Waals surface area contributed by atoms with Crippen LogP contribution in [-0.4, -0.2) is 43.3 Å². The molecule has 0 saturated carbocycles. The van der Waals surface area contributed by atoms with Crippen LogP contribution in [0.2, 0.25) is 0 Å². The minimum absolute atomic E-state index is 0.156. The van der Waals surface area contributed by atoms with E-state index >= 15 is 0 Å². The minimum Gasteiger partial charge on any atom is -0.461 e.